The van der Waals surface area contributed by atoms with Crippen molar-refractivity contribution in [3.63, 3.8) is 0 Å². The summed E-state index contributed by atoms with van der Waals surface area (Å²) in [6.07, 6.45) is 3.64. The van der Waals surface area contributed by atoms with Crippen LogP contribution < -0.4 is 5.32 Å². The van der Waals surface area contributed by atoms with Gasteiger partial charge in [0.1, 0.15) is 11.5 Å². The van der Waals surface area contributed by atoms with Crippen molar-refractivity contribution >= 4 is 17.7 Å². The molecule has 1 aliphatic carbocycles. The molecule has 1 heterocycles. The standard InChI is InChI=1S/C19H21NO3/c1-12-11-16(12)18-9-7-14(23-18)8-10-19(22)20-17-6-4-3-5-15(17)13(2)21/h3-10,12-13,16,21H,11H2,1-2H3,(H,20,22)/b10-8+. The minimum absolute atomic E-state index is 0.254. The quantitative estimate of drug-likeness (QED) is 0.817. The van der Waals surface area contributed by atoms with Crippen LogP contribution in [0.5, 0.6) is 0 Å². The van der Waals surface area contributed by atoms with Crippen LogP contribution in [0.25, 0.3) is 6.08 Å². The number of benzene rings is 1. The van der Waals surface area contributed by atoms with Gasteiger partial charge >= 0.3 is 0 Å². The third kappa shape index (κ3) is 3.71. The fourth-order valence-corrected chi connectivity index (χ4v) is 2.68. The Hall–Kier alpha value is -2.33. The highest BCUT2D eigenvalue weighted by Crippen LogP contribution is 2.47. The number of rotatable bonds is 5. The van der Waals surface area contributed by atoms with Crippen molar-refractivity contribution in [1.82, 2.24) is 0 Å². The van der Waals surface area contributed by atoms with Crippen molar-refractivity contribution in [2.24, 2.45) is 5.92 Å². The molecule has 4 nitrogen and oxygen atoms in total. The van der Waals surface area contributed by atoms with Gasteiger partial charge in [0, 0.05) is 23.2 Å². The van der Waals surface area contributed by atoms with Crippen LogP contribution in [0, 0.1) is 5.92 Å². The number of hydrogen-bond acceptors (Lipinski definition) is 3. The zero-order chi connectivity index (χ0) is 16.4. The summed E-state index contributed by atoms with van der Waals surface area (Å²) in [5.41, 5.74) is 1.31. The molecule has 2 aromatic rings. The van der Waals surface area contributed by atoms with Crippen LogP contribution >= 0.6 is 0 Å². The van der Waals surface area contributed by atoms with Crippen LogP contribution in [0.3, 0.4) is 0 Å². The summed E-state index contributed by atoms with van der Waals surface area (Å²) in [5.74, 6) is 2.65. The Labute approximate surface area is 135 Å². The molecule has 1 fully saturated rings. The first kappa shape index (κ1) is 15.6. The van der Waals surface area contributed by atoms with Gasteiger partial charge in [-0.2, -0.15) is 0 Å². The van der Waals surface area contributed by atoms with E-state index in [-0.39, 0.29) is 5.91 Å². The number of carbonyl (C=O) groups excluding carboxylic acids is 1. The van der Waals surface area contributed by atoms with E-state index in [9.17, 15) is 9.90 Å². The fraction of sp³-hybridized carbons (Fsp3) is 0.316. The van der Waals surface area contributed by atoms with Crippen molar-refractivity contribution in [1.29, 1.82) is 0 Å². The van der Waals surface area contributed by atoms with Gasteiger partial charge in [0.2, 0.25) is 5.91 Å². The second-order valence-electron chi connectivity index (χ2n) is 6.15. The van der Waals surface area contributed by atoms with Crippen LogP contribution in [-0.4, -0.2) is 11.0 Å². The third-order valence-electron chi connectivity index (χ3n) is 4.19. The van der Waals surface area contributed by atoms with Crippen LogP contribution in [0.4, 0.5) is 5.69 Å². The van der Waals surface area contributed by atoms with Crippen LogP contribution in [0.1, 0.15) is 49.4 Å². The van der Waals surface area contributed by atoms with Gasteiger partial charge in [-0.15, -0.1) is 0 Å². The molecule has 0 bridgehead atoms. The van der Waals surface area contributed by atoms with Gasteiger partial charge in [-0.1, -0.05) is 25.1 Å². The Kier molecular flexibility index (Phi) is 4.35. The number of furan rings is 1. The maximum absolute atomic E-state index is 12.0. The smallest absolute Gasteiger partial charge is 0.248 e. The highest BCUT2D eigenvalue weighted by molar-refractivity contribution is 6.02. The number of amides is 1. The molecule has 1 saturated carbocycles. The zero-order valence-corrected chi connectivity index (χ0v) is 13.3. The van der Waals surface area contributed by atoms with E-state index in [0.29, 0.717) is 28.8 Å². The van der Waals surface area contributed by atoms with E-state index in [2.05, 4.69) is 12.2 Å². The number of nitrogens with one attached hydrogen (secondary N) is 1. The van der Waals surface area contributed by atoms with E-state index in [4.69, 9.17) is 4.42 Å². The molecule has 1 aromatic carbocycles. The molecule has 1 aliphatic rings. The molecule has 2 N–H and O–H groups in total. The number of aliphatic hydroxyl groups is 1. The predicted octanol–water partition coefficient (Wildman–Crippen LogP) is 4.11. The monoisotopic (exact) mass is 311 g/mol. The fourth-order valence-electron chi connectivity index (χ4n) is 2.68. The molecular weight excluding hydrogens is 290 g/mol. The SMILES string of the molecule is CC(O)c1ccccc1NC(=O)/C=C/c1ccc(C2CC2C)o1. The lowest BCUT2D eigenvalue weighted by atomic mass is 10.1. The van der Waals surface area contributed by atoms with E-state index in [1.807, 2.05) is 24.3 Å². The Balaban J connectivity index is 1.64. The molecule has 3 atom stereocenters. The summed E-state index contributed by atoms with van der Waals surface area (Å²) < 4.78 is 5.73. The summed E-state index contributed by atoms with van der Waals surface area (Å²) in [6, 6.07) is 11.1. The highest BCUT2D eigenvalue weighted by atomic mass is 16.3. The third-order valence-corrected chi connectivity index (χ3v) is 4.19. The lowest BCUT2D eigenvalue weighted by Crippen LogP contribution is -2.10. The first-order chi connectivity index (χ1) is 11.0. The molecule has 3 rings (SSSR count). The van der Waals surface area contributed by atoms with Crippen LogP contribution in [0.2, 0.25) is 0 Å². The highest BCUT2D eigenvalue weighted by Gasteiger charge is 2.36. The van der Waals surface area contributed by atoms with E-state index in [1.54, 1.807) is 25.1 Å². The average Bonchev–Trinajstić information content (AvgIpc) is 3.07. The molecule has 4 heteroatoms. The van der Waals surface area contributed by atoms with Gasteiger partial charge in [0.25, 0.3) is 0 Å². The second-order valence-corrected chi connectivity index (χ2v) is 6.15. The number of aliphatic hydroxyl groups excluding tert-OH is 1. The first-order valence-electron chi connectivity index (χ1n) is 7.90. The van der Waals surface area contributed by atoms with Crippen LogP contribution in [-0.2, 0) is 4.79 Å². The topological polar surface area (TPSA) is 62.5 Å². The molecule has 120 valence electrons. The van der Waals surface area contributed by atoms with Crippen molar-refractivity contribution < 1.29 is 14.3 Å². The maximum atomic E-state index is 12.0. The molecule has 0 radical (unpaired) electrons. The summed E-state index contributed by atoms with van der Waals surface area (Å²) in [7, 11) is 0. The van der Waals surface area contributed by atoms with Crippen LogP contribution in [0.15, 0.2) is 46.9 Å². The van der Waals surface area contributed by atoms with E-state index < -0.39 is 6.10 Å². The van der Waals surface area contributed by atoms with Gasteiger partial charge in [-0.05, 0) is 43.5 Å². The van der Waals surface area contributed by atoms with Crippen molar-refractivity contribution in [2.45, 2.75) is 32.3 Å². The van der Waals surface area contributed by atoms with Crippen molar-refractivity contribution in [3.8, 4) is 0 Å². The Bertz CT molecular complexity index is 730. The number of anilines is 1. The minimum atomic E-state index is -0.636. The lowest BCUT2D eigenvalue weighted by molar-refractivity contribution is -0.111. The van der Waals surface area contributed by atoms with E-state index in [1.165, 1.54) is 12.5 Å². The number of carbonyl (C=O) groups is 1. The molecule has 0 saturated heterocycles. The molecule has 3 unspecified atom stereocenters. The summed E-state index contributed by atoms with van der Waals surface area (Å²) in [5, 5.41) is 12.5. The second kappa shape index (κ2) is 6.42. The molecule has 1 amide bonds. The number of hydrogen-bond donors (Lipinski definition) is 2. The van der Waals surface area contributed by atoms with Gasteiger partial charge < -0.3 is 14.8 Å². The molecule has 23 heavy (non-hydrogen) atoms. The minimum Gasteiger partial charge on any atom is -0.461 e. The van der Waals surface area contributed by atoms with Crippen molar-refractivity contribution in [2.75, 3.05) is 5.32 Å². The largest absolute Gasteiger partial charge is 0.461 e. The average molecular weight is 311 g/mol. The molecule has 0 spiro atoms. The van der Waals surface area contributed by atoms with Gasteiger partial charge in [0.05, 0.1) is 6.10 Å². The maximum Gasteiger partial charge on any atom is 0.248 e. The van der Waals surface area contributed by atoms with E-state index >= 15 is 0 Å². The lowest BCUT2D eigenvalue weighted by Gasteiger charge is -2.11. The Morgan fingerprint density at radius 3 is 2.78 bits per heavy atom. The summed E-state index contributed by atoms with van der Waals surface area (Å²) >= 11 is 0. The zero-order valence-electron chi connectivity index (χ0n) is 13.3. The molecule has 0 aliphatic heterocycles. The Morgan fingerprint density at radius 1 is 1.35 bits per heavy atom. The first-order valence-corrected chi connectivity index (χ1v) is 7.90. The number of para-hydroxylation sites is 1. The van der Waals surface area contributed by atoms with Gasteiger partial charge in [-0.3, -0.25) is 4.79 Å². The van der Waals surface area contributed by atoms with Crippen molar-refractivity contribution in [3.05, 3.63) is 59.6 Å². The molecule has 1 aromatic heterocycles. The predicted molar refractivity (Wildman–Crippen MR) is 90.0 cm³/mol. The van der Waals surface area contributed by atoms with E-state index in [0.717, 1.165) is 5.76 Å². The normalized spacial score (nSPS) is 21.3. The summed E-state index contributed by atoms with van der Waals surface area (Å²) in [6.45, 7) is 3.87. The van der Waals surface area contributed by atoms with Gasteiger partial charge in [0.15, 0.2) is 0 Å². The van der Waals surface area contributed by atoms with Gasteiger partial charge in [-0.25, -0.2) is 0 Å². The Morgan fingerprint density at radius 2 is 2.09 bits per heavy atom. The molecular formula is C19H21NO3. The summed E-state index contributed by atoms with van der Waals surface area (Å²) in [4.78, 5) is 12.0.